The maximum atomic E-state index is 12.1. The molecular weight excluding hydrogens is 258 g/mol. The molecule has 6 nitrogen and oxygen atoms in total. The zero-order chi connectivity index (χ0) is 13.8. The van der Waals surface area contributed by atoms with E-state index < -0.39 is 21.8 Å². The van der Waals surface area contributed by atoms with E-state index in [1.165, 1.54) is 10.4 Å². The van der Waals surface area contributed by atoms with Crippen LogP contribution in [0.25, 0.3) is 0 Å². The van der Waals surface area contributed by atoms with Crippen molar-refractivity contribution in [2.24, 2.45) is 0 Å². The highest BCUT2D eigenvalue weighted by atomic mass is 32.2. The minimum Gasteiger partial charge on any atom is -0.475 e. The molecule has 0 aromatic carbocycles. The van der Waals surface area contributed by atoms with Gasteiger partial charge in [-0.15, -0.1) is 6.58 Å². The fourth-order valence-corrected chi connectivity index (χ4v) is 2.82. The average Bonchev–Trinajstić information content (AvgIpc) is 2.78. The number of nitrogens with zero attached hydrogens (tertiary/aromatic N) is 1. The second kappa shape index (κ2) is 5.83. The van der Waals surface area contributed by atoms with Crippen molar-refractivity contribution in [2.75, 3.05) is 13.1 Å². The number of rotatable bonds is 7. The molecule has 0 unspecified atom stereocenters. The lowest BCUT2D eigenvalue weighted by Gasteiger charge is -2.17. The third kappa shape index (κ3) is 2.99. The van der Waals surface area contributed by atoms with Gasteiger partial charge in [-0.25, -0.2) is 13.2 Å². The van der Waals surface area contributed by atoms with Gasteiger partial charge in [0, 0.05) is 13.1 Å². The van der Waals surface area contributed by atoms with Gasteiger partial charge < -0.3 is 9.52 Å². The largest absolute Gasteiger partial charge is 0.475 e. The first-order valence-corrected chi connectivity index (χ1v) is 6.81. The Balaban J connectivity index is 3.09. The van der Waals surface area contributed by atoms with E-state index in [4.69, 9.17) is 9.52 Å². The van der Waals surface area contributed by atoms with Crippen LogP contribution in [-0.2, 0) is 10.0 Å². The Hall–Kier alpha value is -1.60. The molecule has 0 saturated carbocycles. The Morgan fingerprint density at radius 1 is 1.56 bits per heavy atom. The predicted molar refractivity (Wildman–Crippen MR) is 64.9 cm³/mol. The SMILES string of the molecule is C=CCN(CCC)S(=O)(=O)c1ccc(C(=O)O)o1. The summed E-state index contributed by atoms with van der Waals surface area (Å²) in [5.74, 6) is -1.70. The lowest BCUT2D eigenvalue weighted by atomic mass is 10.5. The Bertz CT molecular complexity index is 531. The highest BCUT2D eigenvalue weighted by Gasteiger charge is 2.27. The molecule has 0 radical (unpaired) electrons. The quantitative estimate of drug-likeness (QED) is 0.762. The van der Waals surface area contributed by atoms with E-state index in [1.807, 2.05) is 6.92 Å². The van der Waals surface area contributed by atoms with E-state index in [2.05, 4.69) is 6.58 Å². The highest BCUT2D eigenvalue weighted by Crippen LogP contribution is 2.19. The first-order valence-electron chi connectivity index (χ1n) is 5.37. The first-order chi connectivity index (χ1) is 8.43. The third-order valence-electron chi connectivity index (χ3n) is 2.19. The molecule has 7 heteroatoms. The summed E-state index contributed by atoms with van der Waals surface area (Å²) in [6.45, 7) is 5.81. The maximum absolute atomic E-state index is 12.1. The Morgan fingerprint density at radius 3 is 2.67 bits per heavy atom. The standard InChI is InChI=1S/C11H15NO5S/c1-3-7-12(8-4-2)18(15,16)10-6-5-9(17-10)11(13)14/h3,5-6H,1,4,7-8H2,2H3,(H,13,14). The molecule has 0 fully saturated rings. The molecule has 0 atom stereocenters. The summed E-state index contributed by atoms with van der Waals surface area (Å²) < 4.78 is 30.3. The van der Waals surface area contributed by atoms with Crippen LogP contribution < -0.4 is 0 Å². The summed E-state index contributed by atoms with van der Waals surface area (Å²) in [6, 6.07) is 2.26. The van der Waals surface area contributed by atoms with Crippen LogP contribution in [0.5, 0.6) is 0 Å². The second-order valence-electron chi connectivity index (χ2n) is 3.58. The number of sulfonamides is 1. The first kappa shape index (κ1) is 14.5. The second-order valence-corrected chi connectivity index (χ2v) is 5.44. The van der Waals surface area contributed by atoms with Crippen molar-refractivity contribution in [3.63, 3.8) is 0 Å². The van der Waals surface area contributed by atoms with Crippen molar-refractivity contribution in [3.05, 3.63) is 30.5 Å². The fraction of sp³-hybridized carbons (Fsp3) is 0.364. The van der Waals surface area contributed by atoms with Gasteiger partial charge in [0.25, 0.3) is 10.0 Å². The molecular formula is C11H15NO5S. The maximum Gasteiger partial charge on any atom is 0.371 e. The van der Waals surface area contributed by atoms with Gasteiger partial charge in [0.15, 0.2) is 0 Å². The number of carboxylic acids is 1. The van der Waals surface area contributed by atoms with Gasteiger partial charge >= 0.3 is 5.97 Å². The Morgan fingerprint density at radius 2 is 2.22 bits per heavy atom. The number of aromatic carboxylic acids is 1. The molecule has 18 heavy (non-hydrogen) atoms. The van der Waals surface area contributed by atoms with Crippen molar-refractivity contribution in [3.8, 4) is 0 Å². The number of hydrogen-bond acceptors (Lipinski definition) is 4. The number of hydrogen-bond donors (Lipinski definition) is 1. The van der Waals surface area contributed by atoms with Crippen LogP contribution >= 0.6 is 0 Å². The summed E-state index contributed by atoms with van der Waals surface area (Å²) in [5, 5.41) is 8.33. The summed E-state index contributed by atoms with van der Waals surface area (Å²) in [7, 11) is -3.81. The van der Waals surface area contributed by atoms with Crippen LogP contribution in [0.2, 0.25) is 0 Å². The molecule has 1 N–H and O–H groups in total. The molecule has 0 aliphatic rings. The highest BCUT2D eigenvalue weighted by molar-refractivity contribution is 7.89. The molecule has 0 bridgehead atoms. The topological polar surface area (TPSA) is 87.8 Å². The van der Waals surface area contributed by atoms with E-state index in [0.717, 1.165) is 12.1 Å². The van der Waals surface area contributed by atoms with Crippen LogP contribution in [0.3, 0.4) is 0 Å². The van der Waals surface area contributed by atoms with Crippen molar-refractivity contribution in [2.45, 2.75) is 18.4 Å². The minimum atomic E-state index is -3.81. The molecule has 0 amide bonds. The molecule has 0 saturated heterocycles. The third-order valence-corrected chi connectivity index (χ3v) is 3.93. The molecule has 1 rings (SSSR count). The van der Waals surface area contributed by atoms with Crippen molar-refractivity contribution < 1.29 is 22.7 Å². The predicted octanol–water partition coefficient (Wildman–Crippen LogP) is 1.56. The molecule has 100 valence electrons. The van der Waals surface area contributed by atoms with E-state index >= 15 is 0 Å². The van der Waals surface area contributed by atoms with Crippen molar-refractivity contribution in [1.29, 1.82) is 0 Å². The molecule has 0 aliphatic heterocycles. The average molecular weight is 273 g/mol. The van der Waals surface area contributed by atoms with E-state index in [-0.39, 0.29) is 11.6 Å². The summed E-state index contributed by atoms with van der Waals surface area (Å²) in [4.78, 5) is 10.6. The smallest absolute Gasteiger partial charge is 0.371 e. The zero-order valence-electron chi connectivity index (χ0n) is 10.00. The van der Waals surface area contributed by atoms with Gasteiger partial charge in [0.1, 0.15) is 0 Å². The van der Waals surface area contributed by atoms with Crippen LogP contribution in [-0.4, -0.2) is 36.9 Å². The van der Waals surface area contributed by atoms with Crippen LogP contribution in [0.1, 0.15) is 23.9 Å². The molecule has 1 aromatic rings. The van der Waals surface area contributed by atoms with Crippen molar-refractivity contribution >= 4 is 16.0 Å². The summed E-state index contributed by atoms with van der Waals surface area (Å²) >= 11 is 0. The van der Waals surface area contributed by atoms with E-state index in [1.54, 1.807) is 0 Å². The lowest BCUT2D eigenvalue weighted by Crippen LogP contribution is -2.31. The molecule has 1 heterocycles. The Labute approximate surface area is 106 Å². The van der Waals surface area contributed by atoms with Gasteiger partial charge in [0.2, 0.25) is 10.9 Å². The van der Waals surface area contributed by atoms with Crippen LogP contribution in [0, 0.1) is 0 Å². The van der Waals surface area contributed by atoms with Gasteiger partial charge in [-0.05, 0) is 18.6 Å². The van der Waals surface area contributed by atoms with E-state index in [0.29, 0.717) is 13.0 Å². The molecule has 0 spiro atoms. The zero-order valence-corrected chi connectivity index (χ0v) is 10.8. The Kier molecular flexibility index (Phi) is 4.69. The monoisotopic (exact) mass is 273 g/mol. The lowest BCUT2D eigenvalue weighted by molar-refractivity contribution is 0.0656. The summed E-state index contributed by atoms with van der Waals surface area (Å²) in [6.07, 6.45) is 2.10. The van der Waals surface area contributed by atoms with Gasteiger partial charge in [-0.3, -0.25) is 0 Å². The molecule has 1 aromatic heterocycles. The number of furan rings is 1. The summed E-state index contributed by atoms with van der Waals surface area (Å²) in [5.41, 5.74) is 0. The van der Waals surface area contributed by atoms with Gasteiger partial charge in [-0.1, -0.05) is 13.0 Å². The van der Waals surface area contributed by atoms with Crippen LogP contribution in [0.4, 0.5) is 0 Å². The van der Waals surface area contributed by atoms with E-state index in [9.17, 15) is 13.2 Å². The number of carbonyl (C=O) groups is 1. The van der Waals surface area contributed by atoms with Crippen LogP contribution in [0.15, 0.2) is 34.3 Å². The fourth-order valence-electron chi connectivity index (χ4n) is 1.40. The molecule has 0 aliphatic carbocycles. The number of carboxylic acid groups (broad SMARTS) is 1. The van der Waals surface area contributed by atoms with Gasteiger partial charge in [0.05, 0.1) is 0 Å². The minimum absolute atomic E-state index is 0.152. The van der Waals surface area contributed by atoms with Gasteiger partial charge in [-0.2, -0.15) is 4.31 Å². The normalized spacial score (nSPS) is 11.7. The van der Waals surface area contributed by atoms with Crippen molar-refractivity contribution in [1.82, 2.24) is 4.31 Å².